The molecule has 3 aromatic carbocycles. The second-order valence-corrected chi connectivity index (χ2v) is 7.61. The van der Waals surface area contributed by atoms with Gasteiger partial charge in [-0.1, -0.05) is 56.3 Å². The van der Waals surface area contributed by atoms with Gasteiger partial charge in [-0.25, -0.2) is 0 Å². The van der Waals surface area contributed by atoms with Gasteiger partial charge in [-0.05, 0) is 42.3 Å². The van der Waals surface area contributed by atoms with Crippen LogP contribution in [0.5, 0.6) is 17.2 Å². The molecular weight excluding hydrogens is 404 g/mol. The maximum atomic E-state index is 12.5. The van der Waals surface area contributed by atoms with Crippen LogP contribution in [0.2, 0.25) is 0 Å². The summed E-state index contributed by atoms with van der Waals surface area (Å²) in [5, 5.41) is 6.05. The maximum absolute atomic E-state index is 12.5. The van der Waals surface area contributed by atoms with Gasteiger partial charge in [0.1, 0.15) is 30.5 Å². The van der Waals surface area contributed by atoms with Crippen molar-refractivity contribution in [1.82, 2.24) is 0 Å². The van der Waals surface area contributed by atoms with E-state index in [1.807, 2.05) is 78.9 Å². The van der Waals surface area contributed by atoms with Crippen molar-refractivity contribution in [3.05, 3.63) is 78.9 Å². The van der Waals surface area contributed by atoms with E-state index in [2.05, 4.69) is 24.5 Å². The highest BCUT2D eigenvalue weighted by atomic mass is 16.5. The number of ether oxygens (including phenoxy) is 3. The topological polar surface area (TPSA) is 68.8 Å². The fourth-order valence-electron chi connectivity index (χ4n) is 2.89. The molecule has 2 N–H and O–H groups in total. The monoisotopic (exact) mass is 434 g/mol. The molecule has 0 unspecified atom stereocenters. The second kappa shape index (κ2) is 12.2. The molecule has 0 aromatic heterocycles. The van der Waals surface area contributed by atoms with Gasteiger partial charge in [-0.2, -0.15) is 0 Å². The Hall–Kier alpha value is -3.67. The Kier molecular flexibility index (Phi) is 8.80. The van der Waals surface area contributed by atoms with Crippen LogP contribution in [-0.2, 0) is 4.79 Å². The quantitative estimate of drug-likeness (QED) is 0.382. The molecule has 6 heteroatoms. The molecule has 0 spiro atoms. The van der Waals surface area contributed by atoms with Crippen molar-refractivity contribution < 1.29 is 19.0 Å². The van der Waals surface area contributed by atoms with Gasteiger partial charge in [0.15, 0.2) is 0 Å². The summed E-state index contributed by atoms with van der Waals surface area (Å²) in [5.74, 6) is 2.36. The van der Waals surface area contributed by atoms with E-state index in [0.29, 0.717) is 37.2 Å². The van der Waals surface area contributed by atoms with Crippen LogP contribution in [0.3, 0.4) is 0 Å². The van der Waals surface area contributed by atoms with E-state index in [1.54, 1.807) is 0 Å². The van der Waals surface area contributed by atoms with E-state index >= 15 is 0 Å². The zero-order chi connectivity index (χ0) is 22.6. The number of carbonyl (C=O) groups is 1. The summed E-state index contributed by atoms with van der Waals surface area (Å²) in [6, 6.07) is 24.5. The van der Waals surface area contributed by atoms with Crippen molar-refractivity contribution in [2.45, 2.75) is 13.8 Å². The molecule has 0 aliphatic carbocycles. The summed E-state index contributed by atoms with van der Waals surface area (Å²) in [6.45, 7) is 5.67. The first kappa shape index (κ1) is 23.0. The van der Waals surface area contributed by atoms with E-state index in [1.165, 1.54) is 0 Å². The maximum Gasteiger partial charge on any atom is 0.243 e. The molecular formula is C26H30N2O4. The average Bonchev–Trinajstić information content (AvgIpc) is 2.81. The number of nitrogens with one attached hydrogen (secondary N) is 2. The van der Waals surface area contributed by atoms with Crippen molar-refractivity contribution in [2.75, 3.05) is 37.0 Å². The molecule has 32 heavy (non-hydrogen) atoms. The number of amides is 1. The van der Waals surface area contributed by atoms with Crippen LogP contribution in [0.1, 0.15) is 13.8 Å². The van der Waals surface area contributed by atoms with Gasteiger partial charge in [-0.3, -0.25) is 4.79 Å². The summed E-state index contributed by atoms with van der Waals surface area (Å²) < 4.78 is 17.3. The molecule has 0 fully saturated rings. The van der Waals surface area contributed by atoms with E-state index in [-0.39, 0.29) is 12.5 Å². The van der Waals surface area contributed by atoms with Crippen molar-refractivity contribution in [2.24, 2.45) is 5.92 Å². The van der Waals surface area contributed by atoms with Crippen LogP contribution in [0.4, 0.5) is 11.4 Å². The third-order valence-electron chi connectivity index (χ3n) is 4.41. The predicted octanol–water partition coefficient (Wildman–Crippen LogP) is 5.23. The van der Waals surface area contributed by atoms with Gasteiger partial charge in [0.2, 0.25) is 5.91 Å². The lowest BCUT2D eigenvalue weighted by atomic mass is 10.2. The highest BCUT2D eigenvalue weighted by molar-refractivity contribution is 5.95. The molecule has 0 saturated heterocycles. The minimum absolute atomic E-state index is 0.105. The number of carbonyl (C=O) groups excluding carboxylic acids is 1. The largest absolute Gasteiger partial charge is 0.491 e. The summed E-state index contributed by atoms with van der Waals surface area (Å²) in [4.78, 5) is 12.5. The molecule has 0 radical (unpaired) electrons. The first-order valence-corrected chi connectivity index (χ1v) is 10.8. The van der Waals surface area contributed by atoms with Gasteiger partial charge in [0.25, 0.3) is 0 Å². The number of hydrogen-bond acceptors (Lipinski definition) is 5. The molecule has 0 aliphatic heterocycles. The third-order valence-corrected chi connectivity index (χ3v) is 4.41. The zero-order valence-corrected chi connectivity index (χ0v) is 18.5. The summed E-state index contributed by atoms with van der Waals surface area (Å²) in [5.41, 5.74) is 1.40. The van der Waals surface area contributed by atoms with Gasteiger partial charge < -0.3 is 24.8 Å². The van der Waals surface area contributed by atoms with Crippen molar-refractivity contribution in [3.63, 3.8) is 0 Å². The van der Waals surface area contributed by atoms with Gasteiger partial charge >= 0.3 is 0 Å². The average molecular weight is 435 g/mol. The predicted molar refractivity (Wildman–Crippen MR) is 128 cm³/mol. The molecule has 0 aliphatic rings. The first-order chi connectivity index (χ1) is 15.6. The summed E-state index contributed by atoms with van der Waals surface area (Å²) in [7, 11) is 0. The molecule has 3 aromatic rings. The molecule has 6 nitrogen and oxygen atoms in total. The molecule has 0 bridgehead atoms. The molecule has 0 saturated carbocycles. The number of para-hydroxylation sites is 5. The number of anilines is 2. The van der Waals surface area contributed by atoms with Gasteiger partial charge in [0, 0.05) is 0 Å². The Morgan fingerprint density at radius 1 is 0.750 bits per heavy atom. The van der Waals surface area contributed by atoms with Crippen molar-refractivity contribution >= 4 is 17.3 Å². The fraction of sp³-hybridized carbons (Fsp3) is 0.269. The van der Waals surface area contributed by atoms with E-state index < -0.39 is 0 Å². The van der Waals surface area contributed by atoms with Crippen LogP contribution in [0.15, 0.2) is 78.9 Å². The van der Waals surface area contributed by atoms with Crippen LogP contribution in [0.25, 0.3) is 0 Å². The number of hydrogen-bond donors (Lipinski definition) is 2. The minimum Gasteiger partial charge on any atom is -0.491 e. The van der Waals surface area contributed by atoms with Crippen LogP contribution in [0, 0.1) is 5.92 Å². The van der Waals surface area contributed by atoms with E-state index in [0.717, 1.165) is 17.2 Å². The lowest BCUT2D eigenvalue weighted by Crippen LogP contribution is -2.22. The number of benzene rings is 3. The molecule has 3 rings (SSSR count). The molecule has 168 valence electrons. The highest BCUT2D eigenvalue weighted by Gasteiger charge is 2.10. The summed E-state index contributed by atoms with van der Waals surface area (Å²) in [6.07, 6.45) is 0. The first-order valence-electron chi connectivity index (χ1n) is 10.8. The fourth-order valence-corrected chi connectivity index (χ4v) is 2.89. The zero-order valence-electron chi connectivity index (χ0n) is 18.5. The SMILES string of the molecule is CC(C)COc1ccccc1NCC(=O)Nc1ccccc1OCCOc1ccccc1. The smallest absolute Gasteiger partial charge is 0.243 e. The third kappa shape index (κ3) is 7.54. The highest BCUT2D eigenvalue weighted by Crippen LogP contribution is 2.25. The Morgan fingerprint density at radius 3 is 2.06 bits per heavy atom. The van der Waals surface area contributed by atoms with Crippen LogP contribution >= 0.6 is 0 Å². The van der Waals surface area contributed by atoms with Gasteiger partial charge in [0.05, 0.1) is 24.5 Å². The minimum atomic E-state index is -0.180. The molecule has 1 amide bonds. The number of rotatable bonds is 12. The lowest BCUT2D eigenvalue weighted by Gasteiger charge is -2.15. The lowest BCUT2D eigenvalue weighted by molar-refractivity contribution is -0.114. The summed E-state index contributed by atoms with van der Waals surface area (Å²) >= 11 is 0. The van der Waals surface area contributed by atoms with Crippen molar-refractivity contribution in [3.8, 4) is 17.2 Å². The van der Waals surface area contributed by atoms with Crippen molar-refractivity contribution in [1.29, 1.82) is 0 Å². The standard InChI is InChI=1S/C26H30N2O4/c1-20(2)19-32-24-14-8-6-12-22(24)27-18-26(29)28-23-13-7-9-15-25(23)31-17-16-30-21-10-4-3-5-11-21/h3-15,20,27H,16-19H2,1-2H3,(H,28,29). The Balaban J connectivity index is 1.49. The Labute approximate surface area is 189 Å². The van der Waals surface area contributed by atoms with E-state index in [9.17, 15) is 4.79 Å². The van der Waals surface area contributed by atoms with Crippen LogP contribution < -0.4 is 24.8 Å². The molecule has 0 atom stereocenters. The van der Waals surface area contributed by atoms with Crippen LogP contribution in [-0.4, -0.2) is 32.3 Å². The second-order valence-electron chi connectivity index (χ2n) is 7.61. The normalized spacial score (nSPS) is 10.5. The van der Waals surface area contributed by atoms with E-state index in [4.69, 9.17) is 14.2 Å². The molecule has 0 heterocycles. The Morgan fingerprint density at radius 2 is 1.34 bits per heavy atom. The van der Waals surface area contributed by atoms with Gasteiger partial charge in [-0.15, -0.1) is 0 Å². The Bertz CT molecular complexity index is 976.